The van der Waals surface area contributed by atoms with E-state index in [1.807, 2.05) is 0 Å². The number of carboxylic acids is 1. The topological polar surface area (TPSA) is 37.3 Å². The summed E-state index contributed by atoms with van der Waals surface area (Å²) >= 11 is 7.86. The number of hydrogen-bond acceptors (Lipinski definition) is 4. The van der Waals surface area contributed by atoms with E-state index >= 15 is 0 Å². The van der Waals surface area contributed by atoms with E-state index in [4.69, 9.17) is 17.3 Å². The van der Waals surface area contributed by atoms with Gasteiger partial charge in [0, 0.05) is 0 Å². The van der Waals surface area contributed by atoms with E-state index in [1.165, 1.54) is 11.8 Å². The Kier molecular flexibility index (Phi) is 7.80. The fourth-order valence-corrected chi connectivity index (χ4v) is 3.16. The molecule has 0 amide bonds. The molecule has 0 fully saturated rings. The molecule has 0 saturated heterocycles. The summed E-state index contributed by atoms with van der Waals surface area (Å²) in [6.07, 6.45) is 2.28. The quantitative estimate of drug-likeness (QED) is 0.588. The van der Waals surface area contributed by atoms with Gasteiger partial charge in [-0.3, -0.25) is 4.79 Å². The number of aliphatic carboxylic acids is 1. The number of hydrogen-bond donors (Lipinski definition) is 1. The van der Waals surface area contributed by atoms with Crippen LogP contribution in [0.5, 0.6) is 0 Å². The van der Waals surface area contributed by atoms with Crippen LogP contribution in [-0.4, -0.2) is 25.6 Å². The van der Waals surface area contributed by atoms with Crippen molar-refractivity contribution in [1.82, 2.24) is 0 Å². The molecule has 0 unspecified atom stereocenters. The number of rotatable bonds is 5. The fourth-order valence-electron chi connectivity index (χ4n) is 0.529. The highest BCUT2D eigenvalue weighted by Gasteiger charge is 2.13. The minimum absolute atomic E-state index is 0.429. The van der Waals surface area contributed by atoms with Crippen LogP contribution in [0.2, 0.25) is 0 Å². The third-order valence-electron chi connectivity index (χ3n) is 1.34. The highest BCUT2D eigenvalue weighted by Crippen LogP contribution is 2.22. The van der Waals surface area contributed by atoms with Crippen LogP contribution in [0.1, 0.15) is 26.7 Å². The van der Waals surface area contributed by atoms with Gasteiger partial charge in [-0.15, -0.1) is 11.8 Å². The summed E-state index contributed by atoms with van der Waals surface area (Å²) in [5.41, 5.74) is 0. The average Bonchev–Trinajstić information content (AvgIpc) is 2.04. The third kappa shape index (κ3) is 7.34. The number of carboxylic acid groups (broad SMARTS) is 1. The van der Waals surface area contributed by atoms with Gasteiger partial charge >= 0.3 is 5.97 Å². The summed E-state index contributed by atoms with van der Waals surface area (Å²) in [7, 11) is 0. The van der Waals surface area contributed by atoms with Gasteiger partial charge in [0.1, 0.15) is 8.78 Å². The maximum atomic E-state index is 10.5. The van der Waals surface area contributed by atoms with E-state index in [0.717, 1.165) is 22.1 Å². The van der Waals surface area contributed by atoms with Crippen molar-refractivity contribution in [1.29, 1.82) is 0 Å². The molecule has 0 aromatic carbocycles. The van der Waals surface area contributed by atoms with Gasteiger partial charge in [-0.2, -0.15) is 0 Å². The van der Waals surface area contributed by atoms with Crippen LogP contribution in [0.15, 0.2) is 0 Å². The van der Waals surface area contributed by atoms with Crippen LogP contribution in [0.3, 0.4) is 0 Å². The van der Waals surface area contributed by atoms with Crippen molar-refractivity contribution in [3.63, 3.8) is 0 Å². The molecule has 2 nitrogen and oxygen atoms in total. The first kappa shape index (κ1) is 13.3. The second-order valence-corrected chi connectivity index (χ2v) is 6.19. The molecule has 0 spiro atoms. The molecule has 0 aliphatic carbocycles. The number of carbonyl (C=O) groups is 1. The molecule has 0 aliphatic rings. The highest BCUT2D eigenvalue weighted by molar-refractivity contribution is 8.47. The summed E-state index contributed by atoms with van der Waals surface area (Å²) < 4.78 is 0.739. The van der Waals surface area contributed by atoms with Crippen LogP contribution in [0.25, 0.3) is 0 Å². The Bertz CT molecular complexity index is 182. The molecule has 1 atom stereocenters. The molecule has 1 N–H and O–H groups in total. The van der Waals surface area contributed by atoms with Gasteiger partial charge in [-0.1, -0.05) is 37.3 Å². The molecule has 0 rings (SSSR count). The second-order valence-electron chi connectivity index (χ2n) is 2.55. The van der Waals surface area contributed by atoms with Crippen molar-refractivity contribution >= 4 is 45.2 Å². The Morgan fingerprint density at radius 2 is 2.23 bits per heavy atom. The van der Waals surface area contributed by atoms with Crippen molar-refractivity contribution in [2.45, 2.75) is 31.9 Å². The summed E-state index contributed by atoms with van der Waals surface area (Å²) in [4.78, 5) is 10.5. The van der Waals surface area contributed by atoms with Crippen LogP contribution < -0.4 is 0 Å². The molecule has 76 valence electrons. The molecule has 0 aliphatic heterocycles. The minimum Gasteiger partial charge on any atom is -0.480 e. The molecule has 0 radical (unpaired) electrons. The Morgan fingerprint density at radius 1 is 1.62 bits per heavy atom. The first-order valence-corrected chi connectivity index (χ1v) is 6.41. The van der Waals surface area contributed by atoms with E-state index in [-0.39, 0.29) is 0 Å². The summed E-state index contributed by atoms with van der Waals surface area (Å²) in [6.45, 7) is 3.77. The van der Waals surface area contributed by atoms with Crippen molar-refractivity contribution in [2.75, 3.05) is 5.75 Å². The monoisotopic (exact) mass is 238 g/mol. The first-order chi connectivity index (χ1) is 6.07. The predicted octanol–water partition coefficient (Wildman–Crippen LogP) is 3.01. The van der Waals surface area contributed by atoms with Crippen molar-refractivity contribution < 1.29 is 9.90 Å². The molecule has 0 aromatic heterocycles. The summed E-state index contributed by atoms with van der Waals surface area (Å²) in [5, 5.41) is 8.18. The average molecular weight is 238 g/mol. The van der Waals surface area contributed by atoms with Gasteiger partial charge in [-0.25, -0.2) is 0 Å². The fraction of sp³-hybridized carbons (Fsp3) is 0.750. The third-order valence-corrected chi connectivity index (χ3v) is 4.10. The molecule has 0 bridgehead atoms. The lowest BCUT2D eigenvalue weighted by Crippen LogP contribution is -2.12. The Labute approximate surface area is 92.9 Å². The van der Waals surface area contributed by atoms with Crippen molar-refractivity contribution in [3.8, 4) is 0 Å². The van der Waals surface area contributed by atoms with Gasteiger partial charge in [0.05, 0.1) is 0 Å². The number of unbranched alkanes of at least 4 members (excludes halogenated alkanes) is 1. The molecule has 0 saturated carbocycles. The number of thiocarbonyl (C=S) groups is 1. The zero-order valence-corrected chi connectivity index (χ0v) is 10.2. The minimum atomic E-state index is -0.802. The highest BCUT2D eigenvalue weighted by atomic mass is 32.2. The SMILES string of the molecule is CCCCSC(=S)S[C@H](C)C(=O)O. The molecule has 0 heterocycles. The molecule has 13 heavy (non-hydrogen) atoms. The van der Waals surface area contributed by atoms with Gasteiger partial charge in [0.25, 0.3) is 0 Å². The molecule has 0 aromatic rings. The molecular weight excluding hydrogens is 224 g/mol. The smallest absolute Gasteiger partial charge is 0.316 e. The summed E-state index contributed by atoms with van der Waals surface area (Å²) in [5.74, 6) is 0.192. The zero-order chi connectivity index (χ0) is 10.3. The second kappa shape index (κ2) is 7.64. The standard InChI is InChI=1S/C8H14O2S3/c1-3-4-5-12-8(11)13-6(2)7(9)10/h6H,3-5H2,1-2H3,(H,9,10)/t6-/m1/s1. The van der Waals surface area contributed by atoms with Gasteiger partial charge in [-0.05, 0) is 19.1 Å². The lowest BCUT2D eigenvalue weighted by Gasteiger charge is -2.05. The largest absolute Gasteiger partial charge is 0.480 e. The van der Waals surface area contributed by atoms with Gasteiger partial charge in [0.2, 0.25) is 0 Å². The van der Waals surface area contributed by atoms with E-state index in [9.17, 15) is 4.79 Å². The Morgan fingerprint density at radius 3 is 2.69 bits per heavy atom. The van der Waals surface area contributed by atoms with Crippen molar-refractivity contribution in [3.05, 3.63) is 0 Å². The Hall–Kier alpha value is 0.260. The van der Waals surface area contributed by atoms with Gasteiger partial charge in [0.15, 0.2) is 0 Å². The van der Waals surface area contributed by atoms with Crippen LogP contribution >= 0.6 is 35.7 Å². The summed E-state index contributed by atoms with van der Waals surface area (Å²) in [6, 6.07) is 0. The number of thioether (sulfide) groups is 2. The van der Waals surface area contributed by atoms with Crippen LogP contribution in [0.4, 0.5) is 0 Å². The van der Waals surface area contributed by atoms with Crippen LogP contribution in [0, 0.1) is 0 Å². The van der Waals surface area contributed by atoms with Gasteiger partial charge < -0.3 is 5.11 Å². The van der Waals surface area contributed by atoms with Crippen molar-refractivity contribution in [2.24, 2.45) is 0 Å². The lowest BCUT2D eigenvalue weighted by atomic mass is 10.4. The first-order valence-electron chi connectivity index (χ1n) is 4.14. The zero-order valence-electron chi connectivity index (χ0n) is 7.78. The molecular formula is C8H14O2S3. The maximum absolute atomic E-state index is 10.5. The van der Waals surface area contributed by atoms with E-state index < -0.39 is 11.2 Å². The predicted molar refractivity (Wildman–Crippen MR) is 64.7 cm³/mol. The lowest BCUT2D eigenvalue weighted by molar-refractivity contribution is -0.136. The van der Waals surface area contributed by atoms with E-state index in [2.05, 4.69) is 6.92 Å². The van der Waals surface area contributed by atoms with E-state index in [1.54, 1.807) is 18.7 Å². The Balaban J connectivity index is 3.56. The molecule has 5 heteroatoms. The maximum Gasteiger partial charge on any atom is 0.316 e. The van der Waals surface area contributed by atoms with E-state index in [0.29, 0.717) is 0 Å². The van der Waals surface area contributed by atoms with Crippen LogP contribution in [-0.2, 0) is 4.79 Å². The normalized spacial score (nSPS) is 12.5.